The molecule has 0 aliphatic heterocycles. The SMILES string of the molecule is C=N/C(=C\C(=C(/C)C#N)C(C)C)C(C)C. The smallest absolute Gasteiger partial charge is 0.0947 e. The zero-order chi connectivity index (χ0) is 12.0. The lowest BCUT2D eigenvalue weighted by atomic mass is 9.95. The molecule has 0 fully saturated rings. The monoisotopic (exact) mass is 204 g/mol. The highest BCUT2D eigenvalue weighted by Crippen LogP contribution is 2.21. The summed E-state index contributed by atoms with van der Waals surface area (Å²) in [7, 11) is 0. The molecule has 82 valence electrons. The minimum atomic E-state index is 0.333. The van der Waals surface area contributed by atoms with Gasteiger partial charge in [0.05, 0.1) is 6.07 Å². The van der Waals surface area contributed by atoms with Gasteiger partial charge in [0, 0.05) is 11.3 Å². The van der Waals surface area contributed by atoms with Crippen molar-refractivity contribution < 1.29 is 0 Å². The lowest BCUT2D eigenvalue weighted by Crippen LogP contribution is -1.98. The summed E-state index contributed by atoms with van der Waals surface area (Å²) in [4.78, 5) is 3.99. The molecule has 0 aromatic rings. The molecule has 0 spiro atoms. The second-order valence-electron chi connectivity index (χ2n) is 4.23. The minimum absolute atomic E-state index is 0.333. The molecule has 15 heavy (non-hydrogen) atoms. The van der Waals surface area contributed by atoms with Crippen LogP contribution in [0.15, 0.2) is 27.9 Å². The average molecular weight is 204 g/mol. The summed E-state index contributed by atoms with van der Waals surface area (Å²) in [6.45, 7) is 13.7. The Kier molecular flexibility index (Phi) is 5.62. The fraction of sp³-hybridized carbons (Fsp3) is 0.538. The van der Waals surface area contributed by atoms with Gasteiger partial charge in [-0.05, 0) is 37.1 Å². The number of rotatable bonds is 4. The zero-order valence-electron chi connectivity index (χ0n) is 10.3. The summed E-state index contributed by atoms with van der Waals surface area (Å²) >= 11 is 0. The van der Waals surface area contributed by atoms with E-state index >= 15 is 0 Å². The maximum absolute atomic E-state index is 8.89. The van der Waals surface area contributed by atoms with Crippen molar-refractivity contribution in [3.63, 3.8) is 0 Å². The van der Waals surface area contributed by atoms with E-state index in [9.17, 15) is 0 Å². The lowest BCUT2D eigenvalue weighted by Gasteiger charge is -2.11. The number of hydrogen-bond donors (Lipinski definition) is 0. The quantitative estimate of drug-likeness (QED) is 0.390. The van der Waals surface area contributed by atoms with E-state index in [0.717, 1.165) is 16.8 Å². The highest BCUT2D eigenvalue weighted by Gasteiger charge is 2.08. The molecule has 0 aromatic heterocycles. The molecular weight excluding hydrogens is 184 g/mol. The molecule has 0 N–H and O–H groups in total. The van der Waals surface area contributed by atoms with Gasteiger partial charge in [-0.15, -0.1) is 0 Å². The summed E-state index contributed by atoms with van der Waals surface area (Å²) in [6.07, 6.45) is 1.99. The molecule has 0 saturated heterocycles. The third kappa shape index (κ3) is 4.12. The van der Waals surface area contributed by atoms with Gasteiger partial charge in [0.15, 0.2) is 0 Å². The molecule has 2 nitrogen and oxygen atoms in total. The van der Waals surface area contributed by atoms with Crippen LogP contribution >= 0.6 is 0 Å². The first kappa shape index (κ1) is 13.6. The van der Waals surface area contributed by atoms with E-state index < -0.39 is 0 Å². The second-order valence-corrected chi connectivity index (χ2v) is 4.23. The van der Waals surface area contributed by atoms with Crippen LogP contribution in [-0.4, -0.2) is 6.72 Å². The van der Waals surface area contributed by atoms with Crippen LogP contribution in [0.1, 0.15) is 34.6 Å². The van der Waals surface area contributed by atoms with Crippen molar-refractivity contribution in [2.24, 2.45) is 16.8 Å². The number of nitrogens with zero attached hydrogens (tertiary/aromatic N) is 2. The van der Waals surface area contributed by atoms with Gasteiger partial charge in [-0.3, -0.25) is 4.99 Å². The van der Waals surface area contributed by atoms with Crippen molar-refractivity contribution in [2.75, 3.05) is 0 Å². The summed E-state index contributed by atoms with van der Waals surface area (Å²) in [5.41, 5.74) is 2.74. The summed E-state index contributed by atoms with van der Waals surface area (Å²) in [6, 6.07) is 2.19. The highest BCUT2D eigenvalue weighted by atomic mass is 14.7. The molecule has 0 radical (unpaired) electrons. The van der Waals surface area contributed by atoms with E-state index in [4.69, 9.17) is 5.26 Å². The Balaban J connectivity index is 5.34. The van der Waals surface area contributed by atoms with Crippen molar-refractivity contribution in [3.8, 4) is 6.07 Å². The van der Waals surface area contributed by atoms with Crippen LogP contribution in [0.25, 0.3) is 0 Å². The summed E-state index contributed by atoms with van der Waals surface area (Å²) < 4.78 is 0. The highest BCUT2D eigenvalue weighted by molar-refractivity contribution is 5.39. The molecular formula is C13H20N2. The number of hydrogen-bond acceptors (Lipinski definition) is 2. The Bertz CT molecular complexity index is 325. The average Bonchev–Trinajstić information content (AvgIpc) is 2.17. The number of aliphatic imine (C=N–C) groups is 1. The van der Waals surface area contributed by atoms with Gasteiger partial charge in [0.2, 0.25) is 0 Å². The molecule has 0 aromatic carbocycles. The third-order valence-corrected chi connectivity index (χ3v) is 2.30. The number of allylic oxidation sites excluding steroid dienone is 4. The Morgan fingerprint density at radius 1 is 1.27 bits per heavy atom. The molecule has 0 unspecified atom stereocenters. The van der Waals surface area contributed by atoms with Gasteiger partial charge in [-0.1, -0.05) is 27.7 Å². The summed E-state index contributed by atoms with van der Waals surface area (Å²) in [5.74, 6) is 0.669. The predicted molar refractivity (Wildman–Crippen MR) is 65.6 cm³/mol. The van der Waals surface area contributed by atoms with Crippen molar-refractivity contribution in [1.29, 1.82) is 5.26 Å². The van der Waals surface area contributed by atoms with Crippen molar-refractivity contribution in [2.45, 2.75) is 34.6 Å². The second kappa shape index (κ2) is 6.19. The van der Waals surface area contributed by atoms with Crippen LogP contribution in [0.2, 0.25) is 0 Å². The molecule has 0 saturated carbocycles. The van der Waals surface area contributed by atoms with E-state index in [1.165, 1.54) is 0 Å². The molecule has 0 aliphatic rings. The minimum Gasteiger partial charge on any atom is -0.269 e. The van der Waals surface area contributed by atoms with Gasteiger partial charge >= 0.3 is 0 Å². The Labute approximate surface area is 93.0 Å². The molecule has 0 aliphatic carbocycles. The maximum Gasteiger partial charge on any atom is 0.0947 e. The van der Waals surface area contributed by atoms with Crippen LogP contribution in [-0.2, 0) is 0 Å². The fourth-order valence-corrected chi connectivity index (χ4v) is 1.33. The zero-order valence-corrected chi connectivity index (χ0v) is 10.3. The van der Waals surface area contributed by atoms with E-state index in [1.807, 2.05) is 13.0 Å². The standard InChI is InChI=1S/C13H20N2/c1-9(2)12(11(5)8-14)7-13(15-6)10(3)4/h7,9-10H,6H2,1-5H3/b12-11-,13-7-. The van der Waals surface area contributed by atoms with Crippen LogP contribution in [0.3, 0.4) is 0 Å². The first-order chi connectivity index (χ1) is 6.93. The van der Waals surface area contributed by atoms with Gasteiger partial charge in [-0.2, -0.15) is 5.26 Å². The third-order valence-electron chi connectivity index (χ3n) is 2.30. The fourth-order valence-electron chi connectivity index (χ4n) is 1.33. The lowest BCUT2D eigenvalue weighted by molar-refractivity contribution is 0.739. The number of nitriles is 1. The van der Waals surface area contributed by atoms with E-state index in [1.54, 1.807) is 0 Å². The molecule has 0 rings (SSSR count). The molecule has 0 atom stereocenters. The summed E-state index contributed by atoms with van der Waals surface area (Å²) in [5, 5.41) is 8.89. The van der Waals surface area contributed by atoms with Crippen molar-refractivity contribution >= 4 is 6.72 Å². The van der Waals surface area contributed by atoms with Crippen LogP contribution in [0.5, 0.6) is 0 Å². The normalized spacial score (nSPS) is 13.9. The predicted octanol–water partition coefficient (Wildman–Crippen LogP) is 3.72. The van der Waals surface area contributed by atoms with E-state index in [-0.39, 0.29) is 0 Å². The topological polar surface area (TPSA) is 36.1 Å². The van der Waals surface area contributed by atoms with Crippen LogP contribution in [0, 0.1) is 23.2 Å². The van der Waals surface area contributed by atoms with Gasteiger partial charge < -0.3 is 0 Å². The maximum atomic E-state index is 8.89. The first-order valence-corrected chi connectivity index (χ1v) is 5.23. The van der Waals surface area contributed by atoms with Crippen LogP contribution < -0.4 is 0 Å². The van der Waals surface area contributed by atoms with Gasteiger partial charge in [0.25, 0.3) is 0 Å². The Morgan fingerprint density at radius 2 is 1.80 bits per heavy atom. The van der Waals surface area contributed by atoms with Gasteiger partial charge in [0.1, 0.15) is 0 Å². The van der Waals surface area contributed by atoms with Gasteiger partial charge in [-0.25, -0.2) is 0 Å². The molecule has 0 amide bonds. The Morgan fingerprint density at radius 3 is 2.07 bits per heavy atom. The van der Waals surface area contributed by atoms with E-state index in [0.29, 0.717) is 11.8 Å². The largest absolute Gasteiger partial charge is 0.269 e. The van der Waals surface area contributed by atoms with Crippen molar-refractivity contribution in [1.82, 2.24) is 0 Å². The van der Waals surface area contributed by atoms with Crippen LogP contribution in [0.4, 0.5) is 0 Å². The first-order valence-electron chi connectivity index (χ1n) is 5.23. The molecule has 2 heteroatoms. The molecule has 0 bridgehead atoms. The Hall–Kier alpha value is -1.36. The van der Waals surface area contributed by atoms with Crippen molar-refractivity contribution in [3.05, 3.63) is 22.9 Å². The van der Waals surface area contributed by atoms with E-state index in [2.05, 4.69) is 45.5 Å². The molecule has 0 heterocycles.